The highest BCUT2D eigenvalue weighted by molar-refractivity contribution is 6.30. The van der Waals surface area contributed by atoms with Crippen molar-refractivity contribution < 1.29 is 22.8 Å². The summed E-state index contributed by atoms with van der Waals surface area (Å²) in [5.41, 5.74) is 1.34. The van der Waals surface area contributed by atoms with Gasteiger partial charge < -0.3 is 15.1 Å². The number of rotatable bonds is 7. The van der Waals surface area contributed by atoms with E-state index in [1.807, 2.05) is 12.1 Å². The first-order valence-corrected chi connectivity index (χ1v) is 11.6. The monoisotopic (exact) mass is 520 g/mol. The molecule has 0 saturated carbocycles. The van der Waals surface area contributed by atoms with Crippen molar-refractivity contribution in [3.63, 3.8) is 0 Å². The molecule has 0 saturated heterocycles. The number of fused-ring (bicyclic) bond motifs is 1. The highest BCUT2D eigenvalue weighted by Gasteiger charge is 2.30. The van der Waals surface area contributed by atoms with Crippen molar-refractivity contribution in [1.82, 2.24) is 14.6 Å². The zero-order valence-electron chi connectivity index (χ0n) is 19.4. The summed E-state index contributed by atoms with van der Waals surface area (Å²) in [5, 5.41) is 3.59. The van der Waals surface area contributed by atoms with Gasteiger partial charge in [-0.2, -0.15) is 13.2 Å². The molecule has 0 bridgehead atoms. The molecule has 1 aromatic heterocycles. The van der Waals surface area contributed by atoms with Crippen LogP contribution in [0.3, 0.4) is 0 Å². The Morgan fingerprint density at radius 1 is 1.11 bits per heavy atom. The fraction of sp³-hybridized carbons (Fsp3) is 0.320. The average Bonchev–Trinajstić information content (AvgIpc) is 2.86. The SMILES string of the molecule is COn1c(NCc2ccc(C(F)(F)F)cc2)nc2c(c1=O)CN(C(=O)CCc1ccc(Cl)cc1)CC2. The molecular formula is C25H24ClF3N4O3. The summed E-state index contributed by atoms with van der Waals surface area (Å²) in [4.78, 5) is 37.2. The second kappa shape index (κ2) is 10.6. The van der Waals surface area contributed by atoms with Gasteiger partial charge in [0.25, 0.3) is 5.56 Å². The molecule has 0 radical (unpaired) electrons. The molecule has 0 aliphatic carbocycles. The molecule has 11 heteroatoms. The lowest BCUT2D eigenvalue weighted by atomic mass is 10.1. The van der Waals surface area contributed by atoms with Crippen LogP contribution in [0.4, 0.5) is 19.1 Å². The van der Waals surface area contributed by atoms with Crippen LogP contribution in [-0.2, 0) is 36.9 Å². The average molecular weight is 521 g/mol. The molecule has 0 fully saturated rings. The van der Waals surface area contributed by atoms with Crippen molar-refractivity contribution in [2.75, 3.05) is 19.0 Å². The number of carbonyl (C=O) groups excluding carboxylic acids is 1. The zero-order valence-corrected chi connectivity index (χ0v) is 20.2. The van der Waals surface area contributed by atoms with E-state index in [0.29, 0.717) is 47.7 Å². The fourth-order valence-electron chi connectivity index (χ4n) is 4.01. The van der Waals surface area contributed by atoms with Crippen LogP contribution in [0.15, 0.2) is 53.3 Å². The molecule has 7 nitrogen and oxygen atoms in total. The molecular weight excluding hydrogens is 497 g/mol. The number of nitrogens with zero attached hydrogens (tertiary/aromatic N) is 3. The lowest BCUT2D eigenvalue weighted by Gasteiger charge is -2.29. The Hall–Kier alpha value is -3.53. The summed E-state index contributed by atoms with van der Waals surface area (Å²) in [6, 6.07) is 12.0. The standard InChI is InChI=1S/C25H24ClF3N4O3/c1-36-33-23(35)20-15-32(22(34)11-6-16-4-9-19(26)10-5-16)13-12-21(20)31-24(33)30-14-17-2-7-18(8-3-17)25(27,28)29/h2-5,7-10H,6,11-15H2,1H3,(H,30,31). The Labute approximate surface area is 210 Å². The summed E-state index contributed by atoms with van der Waals surface area (Å²) in [6.45, 7) is 0.694. The Morgan fingerprint density at radius 2 is 1.78 bits per heavy atom. The zero-order chi connectivity index (χ0) is 25.9. The van der Waals surface area contributed by atoms with Crippen LogP contribution in [0.25, 0.3) is 0 Å². The maximum atomic E-state index is 13.1. The van der Waals surface area contributed by atoms with Gasteiger partial charge in [-0.15, -0.1) is 4.73 Å². The Balaban J connectivity index is 1.44. The van der Waals surface area contributed by atoms with E-state index in [9.17, 15) is 22.8 Å². The number of hydrogen-bond acceptors (Lipinski definition) is 5. The molecule has 0 unspecified atom stereocenters. The van der Waals surface area contributed by atoms with Gasteiger partial charge >= 0.3 is 6.18 Å². The van der Waals surface area contributed by atoms with Crippen LogP contribution in [-0.4, -0.2) is 34.2 Å². The van der Waals surface area contributed by atoms with Crippen molar-refractivity contribution >= 4 is 23.5 Å². The van der Waals surface area contributed by atoms with Gasteiger partial charge in [-0.3, -0.25) is 9.59 Å². The highest BCUT2D eigenvalue weighted by atomic mass is 35.5. The second-order valence-electron chi connectivity index (χ2n) is 8.38. The van der Waals surface area contributed by atoms with E-state index in [1.165, 1.54) is 19.2 Å². The number of amides is 1. The molecule has 190 valence electrons. The van der Waals surface area contributed by atoms with Crippen molar-refractivity contribution in [2.24, 2.45) is 0 Å². The molecule has 1 aliphatic rings. The van der Waals surface area contributed by atoms with E-state index in [-0.39, 0.29) is 24.9 Å². The number of halogens is 4. The molecule has 1 N–H and O–H groups in total. The molecule has 4 rings (SSSR count). The number of carbonyl (C=O) groups is 1. The minimum Gasteiger partial charge on any atom is -0.411 e. The Kier molecular flexibility index (Phi) is 7.53. The van der Waals surface area contributed by atoms with E-state index in [0.717, 1.165) is 22.4 Å². The van der Waals surface area contributed by atoms with Gasteiger partial charge in [0.15, 0.2) is 0 Å². The third kappa shape index (κ3) is 5.81. The first-order chi connectivity index (χ1) is 17.2. The maximum Gasteiger partial charge on any atom is 0.416 e. The third-order valence-corrected chi connectivity index (χ3v) is 6.25. The van der Waals surface area contributed by atoms with Crippen molar-refractivity contribution in [2.45, 2.75) is 38.5 Å². The van der Waals surface area contributed by atoms with E-state index in [4.69, 9.17) is 16.4 Å². The molecule has 0 spiro atoms. The Morgan fingerprint density at radius 3 is 2.42 bits per heavy atom. The quantitative estimate of drug-likeness (QED) is 0.507. The molecule has 1 aliphatic heterocycles. The lowest BCUT2D eigenvalue weighted by Crippen LogP contribution is -2.42. The summed E-state index contributed by atoms with van der Waals surface area (Å²) >= 11 is 5.90. The minimum atomic E-state index is -4.41. The van der Waals surface area contributed by atoms with E-state index < -0.39 is 17.3 Å². The predicted octanol–water partition coefficient (Wildman–Crippen LogP) is 4.10. The van der Waals surface area contributed by atoms with E-state index in [1.54, 1.807) is 17.0 Å². The lowest BCUT2D eigenvalue weighted by molar-refractivity contribution is -0.137. The minimum absolute atomic E-state index is 0.0662. The van der Waals surface area contributed by atoms with E-state index in [2.05, 4.69) is 10.3 Å². The van der Waals surface area contributed by atoms with Crippen LogP contribution >= 0.6 is 11.6 Å². The van der Waals surface area contributed by atoms with Gasteiger partial charge in [0.1, 0.15) is 7.11 Å². The first kappa shape index (κ1) is 25.6. The number of hydrogen-bond donors (Lipinski definition) is 1. The number of aryl methyl sites for hydroxylation is 1. The van der Waals surface area contributed by atoms with Crippen LogP contribution in [0.2, 0.25) is 5.02 Å². The van der Waals surface area contributed by atoms with Gasteiger partial charge in [-0.25, -0.2) is 4.98 Å². The number of anilines is 1. The van der Waals surface area contributed by atoms with E-state index >= 15 is 0 Å². The van der Waals surface area contributed by atoms with Crippen molar-refractivity contribution in [1.29, 1.82) is 0 Å². The topological polar surface area (TPSA) is 76.5 Å². The van der Waals surface area contributed by atoms with Gasteiger partial charge in [0, 0.05) is 31.0 Å². The number of alkyl halides is 3. The molecule has 2 aromatic carbocycles. The molecule has 36 heavy (non-hydrogen) atoms. The predicted molar refractivity (Wildman–Crippen MR) is 129 cm³/mol. The number of aromatic nitrogens is 2. The van der Waals surface area contributed by atoms with Gasteiger partial charge in [0.05, 0.1) is 23.4 Å². The summed E-state index contributed by atoms with van der Waals surface area (Å²) < 4.78 is 39.3. The Bertz CT molecular complexity index is 1290. The summed E-state index contributed by atoms with van der Waals surface area (Å²) in [5.74, 6) is 0.0761. The van der Waals surface area contributed by atoms with Crippen LogP contribution in [0.1, 0.15) is 34.4 Å². The first-order valence-electron chi connectivity index (χ1n) is 11.3. The number of benzene rings is 2. The summed E-state index contributed by atoms with van der Waals surface area (Å²) in [7, 11) is 1.32. The molecule has 0 atom stereocenters. The maximum absolute atomic E-state index is 13.1. The number of nitrogens with one attached hydrogen (secondary N) is 1. The second-order valence-corrected chi connectivity index (χ2v) is 8.82. The smallest absolute Gasteiger partial charge is 0.411 e. The van der Waals surface area contributed by atoms with Gasteiger partial charge in [-0.05, 0) is 41.8 Å². The van der Waals surface area contributed by atoms with Crippen molar-refractivity contribution in [3.8, 4) is 0 Å². The molecule has 1 amide bonds. The molecule has 3 aromatic rings. The van der Waals surface area contributed by atoms with Crippen LogP contribution in [0, 0.1) is 0 Å². The van der Waals surface area contributed by atoms with Crippen LogP contribution < -0.4 is 15.7 Å². The van der Waals surface area contributed by atoms with Crippen LogP contribution in [0.5, 0.6) is 0 Å². The summed E-state index contributed by atoms with van der Waals surface area (Å²) in [6.07, 6.45) is -3.15. The molecule has 2 heterocycles. The van der Waals surface area contributed by atoms with Gasteiger partial charge in [-0.1, -0.05) is 35.9 Å². The fourth-order valence-corrected chi connectivity index (χ4v) is 4.13. The normalized spacial score (nSPS) is 13.3. The van der Waals surface area contributed by atoms with Gasteiger partial charge in [0.2, 0.25) is 11.9 Å². The highest BCUT2D eigenvalue weighted by Crippen LogP contribution is 2.29. The third-order valence-electron chi connectivity index (χ3n) is 6.00. The van der Waals surface area contributed by atoms with Crippen molar-refractivity contribution in [3.05, 3.63) is 91.9 Å². The largest absolute Gasteiger partial charge is 0.416 e.